The van der Waals surface area contributed by atoms with E-state index in [4.69, 9.17) is 16.6 Å². The van der Waals surface area contributed by atoms with Crippen LogP contribution < -0.4 is 9.62 Å². The molecule has 0 amide bonds. The molecule has 0 aliphatic rings. The molecule has 2 unspecified atom stereocenters. The molecule has 8 nitrogen and oxygen atoms in total. The van der Waals surface area contributed by atoms with Gasteiger partial charge in [-0.3, -0.25) is 8.64 Å². The molecule has 4 rings (SSSR count). The number of aryl methyl sites for hydroxylation is 2. The number of nitrogens with one attached hydrogen (secondary N) is 1. The molecule has 12 heteroatoms. The van der Waals surface area contributed by atoms with Crippen LogP contribution in [0.5, 0.6) is 0 Å². The van der Waals surface area contributed by atoms with Gasteiger partial charge < -0.3 is 9.88 Å². The van der Waals surface area contributed by atoms with Crippen LogP contribution in [-0.2, 0) is 18.0 Å². The zero-order valence-electron chi connectivity index (χ0n) is 17.2. The number of nitrogens with zero attached hydrogens (tertiary/aromatic N) is 6. The van der Waals surface area contributed by atoms with Gasteiger partial charge in [0.2, 0.25) is 0 Å². The molecular formula is C19H20ClIN7OPS. The van der Waals surface area contributed by atoms with E-state index in [2.05, 4.69) is 37.3 Å². The van der Waals surface area contributed by atoms with E-state index in [1.807, 2.05) is 47.3 Å². The molecule has 3 aromatic heterocycles. The van der Waals surface area contributed by atoms with Gasteiger partial charge in [-0.2, -0.15) is 0 Å². The highest BCUT2D eigenvalue weighted by Gasteiger charge is 2.18. The highest BCUT2D eigenvalue weighted by Crippen LogP contribution is 2.38. The number of hydrogen-bond donors (Lipinski definition) is 1. The van der Waals surface area contributed by atoms with Crippen LogP contribution in [0.4, 0.5) is 17.1 Å². The van der Waals surface area contributed by atoms with Crippen molar-refractivity contribution >= 4 is 79.2 Å². The second-order valence-electron chi connectivity index (χ2n) is 6.91. The zero-order valence-corrected chi connectivity index (χ0v) is 21.9. The van der Waals surface area contributed by atoms with Gasteiger partial charge in [0, 0.05) is 32.0 Å². The van der Waals surface area contributed by atoms with Crippen LogP contribution in [0.2, 0.25) is 5.15 Å². The minimum Gasteiger partial charge on any atom is -0.352 e. The average molecular weight is 588 g/mol. The summed E-state index contributed by atoms with van der Waals surface area (Å²) in [5.41, 5.74) is 5.74. The highest BCUT2D eigenvalue weighted by atomic mass is 127. The van der Waals surface area contributed by atoms with Crippen molar-refractivity contribution in [2.24, 2.45) is 7.05 Å². The fourth-order valence-corrected chi connectivity index (χ4v) is 6.06. The van der Waals surface area contributed by atoms with Crippen molar-refractivity contribution in [3.8, 4) is 11.3 Å². The monoisotopic (exact) mass is 587 g/mol. The normalized spacial score (nSPS) is 12.7. The molecule has 3 heterocycles. The van der Waals surface area contributed by atoms with Crippen LogP contribution in [0.15, 0.2) is 36.8 Å². The van der Waals surface area contributed by atoms with Crippen molar-refractivity contribution < 1.29 is 4.21 Å². The molecule has 0 aliphatic carbocycles. The second kappa shape index (κ2) is 9.01. The van der Waals surface area contributed by atoms with Crippen LogP contribution in [0.3, 0.4) is 0 Å². The van der Waals surface area contributed by atoms with Crippen LogP contribution in [0.25, 0.3) is 22.4 Å². The lowest BCUT2D eigenvalue weighted by molar-refractivity contribution is 0.685. The van der Waals surface area contributed by atoms with E-state index < -0.39 is 11.0 Å². The van der Waals surface area contributed by atoms with Gasteiger partial charge >= 0.3 is 0 Å². The third kappa shape index (κ3) is 4.30. The number of hydrogen-bond acceptors (Lipinski definition) is 5. The molecule has 2 atom stereocenters. The van der Waals surface area contributed by atoms with Crippen molar-refractivity contribution in [1.82, 2.24) is 23.9 Å². The number of benzene rings is 1. The number of halogens is 2. The number of aromatic nitrogens is 5. The Kier molecular flexibility index (Phi) is 6.52. The minimum atomic E-state index is -1.21. The second-order valence-corrected chi connectivity index (χ2v) is 10.8. The minimum absolute atomic E-state index is 0.381. The molecule has 162 valence electrons. The van der Waals surface area contributed by atoms with Crippen molar-refractivity contribution in [1.29, 1.82) is 0 Å². The fraction of sp³-hybridized carbons (Fsp3) is 0.211. The quantitative estimate of drug-likeness (QED) is 0.194. The van der Waals surface area contributed by atoms with Gasteiger partial charge in [0.15, 0.2) is 5.65 Å². The molecular weight excluding hydrogens is 568 g/mol. The summed E-state index contributed by atoms with van der Waals surface area (Å²) in [6.07, 6.45) is 5.67. The first-order chi connectivity index (χ1) is 14.8. The molecule has 1 aromatic carbocycles. The van der Waals surface area contributed by atoms with E-state index in [1.165, 1.54) is 0 Å². The molecule has 4 aromatic rings. The van der Waals surface area contributed by atoms with E-state index in [0.29, 0.717) is 11.5 Å². The molecule has 0 saturated heterocycles. The van der Waals surface area contributed by atoms with Gasteiger partial charge in [0.1, 0.15) is 27.5 Å². The summed E-state index contributed by atoms with van der Waals surface area (Å²) < 4.78 is 18.0. The van der Waals surface area contributed by atoms with Crippen LogP contribution in [0, 0.1) is 6.92 Å². The number of pyridine rings is 1. The molecule has 0 saturated carbocycles. The van der Waals surface area contributed by atoms with E-state index in [9.17, 15) is 4.21 Å². The maximum absolute atomic E-state index is 12.3. The lowest BCUT2D eigenvalue weighted by Gasteiger charge is -2.21. The Hall–Kier alpha value is -1.75. The predicted molar refractivity (Wildman–Crippen MR) is 139 cm³/mol. The van der Waals surface area contributed by atoms with Crippen molar-refractivity contribution in [2.45, 2.75) is 6.92 Å². The van der Waals surface area contributed by atoms with Crippen LogP contribution in [-0.4, -0.2) is 41.4 Å². The summed E-state index contributed by atoms with van der Waals surface area (Å²) in [7, 11) is 2.53. The summed E-state index contributed by atoms with van der Waals surface area (Å²) in [4.78, 5) is 13.4. The number of imidazole rings is 2. The average Bonchev–Trinajstić information content (AvgIpc) is 3.29. The van der Waals surface area contributed by atoms with Gasteiger partial charge in [-0.05, 0) is 41.1 Å². The zero-order chi connectivity index (χ0) is 22.3. The summed E-state index contributed by atoms with van der Waals surface area (Å²) in [6, 6.07) is 7.73. The Morgan fingerprint density at radius 3 is 2.68 bits per heavy atom. The lowest BCUT2D eigenvalue weighted by Crippen LogP contribution is -2.20. The first-order valence-electron chi connectivity index (χ1n) is 9.17. The predicted octanol–water partition coefficient (Wildman–Crippen LogP) is 5.06. The maximum atomic E-state index is 12.3. The number of anilines is 3. The largest absolute Gasteiger partial charge is 0.352 e. The molecule has 1 N–H and O–H groups in total. The van der Waals surface area contributed by atoms with E-state index in [1.54, 1.807) is 30.0 Å². The number of rotatable bonds is 6. The van der Waals surface area contributed by atoms with E-state index >= 15 is 0 Å². The van der Waals surface area contributed by atoms with Crippen LogP contribution >= 0.6 is 40.0 Å². The third-order valence-electron chi connectivity index (χ3n) is 4.94. The molecule has 0 bridgehead atoms. The SMILES string of the molecule is Cc1nc2c(Nc3ccc(-c4cncn4C)cc3N(C)S(C)=O)cc(Cl)nc2n1PI. The third-order valence-corrected chi connectivity index (χ3v) is 8.25. The molecule has 0 aliphatic heterocycles. The summed E-state index contributed by atoms with van der Waals surface area (Å²) >= 11 is 8.63. The first kappa shape index (κ1) is 22.4. The topological polar surface area (TPSA) is 80.9 Å². The fourth-order valence-electron chi connectivity index (χ4n) is 3.30. The molecule has 31 heavy (non-hydrogen) atoms. The maximum Gasteiger partial charge on any atom is 0.167 e. The Bertz CT molecular complexity index is 1310. The van der Waals surface area contributed by atoms with E-state index in [-0.39, 0.29) is 0 Å². The molecule has 0 spiro atoms. The van der Waals surface area contributed by atoms with Gasteiger partial charge in [-0.15, -0.1) is 0 Å². The Morgan fingerprint density at radius 2 is 2.03 bits per heavy atom. The highest BCUT2D eigenvalue weighted by molar-refractivity contribution is 14.2. The van der Waals surface area contributed by atoms with Gasteiger partial charge in [0.05, 0.1) is 41.7 Å². The van der Waals surface area contributed by atoms with Crippen molar-refractivity contribution in [3.63, 3.8) is 0 Å². The molecule has 0 radical (unpaired) electrons. The van der Waals surface area contributed by atoms with Crippen LogP contribution in [0.1, 0.15) is 5.82 Å². The lowest BCUT2D eigenvalue weighted by atomic mass is 10.1. The smallest absolute Gasteiger partial charge is 0.167 e. The Labute approximate surface area is 202 Å². The van der Waals surface area contributed by atoms with Crippen molar-refractivity contribution in [2.75, 3.05) is 22.9 Å². The Balaban J connectivity index is 1.85. The number of fused-ring (bicyclic) bond motifs is 1. The Morgan fingerprint density at radius 1 is 1.26 bits per heavy atom. The van der Waals surface area contributed by atoms with E-state index in [0.717, 1.165) is 45.3 Å². The van der Waals surface area contributed by atoms with Gasteiger partial charge in [0.25, 0.3) is 0 Å². The molecule has 0 fully saturated rings. The summed E-state index contributed by atoms with van der Waals surface area (Å²) in [5.74, 6) is 0.874. The summed E-state index contributed by atoms with van der Waals surface area (Å²) in [6.45, 7) is 1.95. The van der Waals surface area contributed by atoms with Gasteiger partial charge in [-0.25, -0.2) is 19.2 Å². The standard InChI is InChI=1S/C19H20ClIN7OPS/c1-11-23-18-14(8-17(20)25-19(18)28(11)30-21)24-13-6-5-12(16-9-22-10-26(16)2)7-15(13)27(3)31(4)29/h5-10,30H,1-4H3,(H,24,25). The summed E-state index contributed by atoms with van der Waals surface area (Å²) in [5, 5.41) is 3.83. The van der Waals surface area contributed by atoms with Crippen molar-refractivity contribution in [3.05, 3.63) is 47.8 Å². The van der Waals surface area contributed by atoms with Gasteiger partial charge in [-0.1, -0.05) is 17.7 Å². The first-order valence-corrected chi connectivity index (χ1v) is 15.1.